The molecule has 0 aromatic heterocycles. The average molecular weight is 476 g/mol. The number of aryl methyl sites for hydroxylation is 1. The Kier molecular flexibility index (Phi) is 8.29. The number of sulfonamides is 1. The van der Waals surface area contributed by atoms with Crippen LogP contribution in [-0.4, -0.2) is 47.0 Å². The lowest BCUT2D eigenvalue weighted by Crippen LogP contribution is -2.25. The standard InChI is InChI=1S/C23H29N3O6S/c1-16-7-6-8-18(22(16)23(28)24-2)26-21(27)9-4-3-5-12-25-33(29,30)17-10-11-19-20(15-17)32-14-13-31-19/h6-8,10-11,15,25H,3-5,9,12-14H2,1-2H3,(H,24,28)(H,26,27). The normalized spacial score (nSPS) is 12.8. The Balaban J connectivity index is 1.42. The predicted molar refractivity (Wildman–Crippen MR) is 124 cm³/mol. The van der Waals surface area contributed by atoms with E-state index in [-0.39, 0.29) is 29.7 Å². The minimum atomic E-state index is -3.66. The van der Waals surface area contributed by atoms with Crippen molar-refractivity contribution in [3.8, 4) is 11.5 Å². The molecular formula is C23H29N3O6S. The molecular weight excluding hydrogens is 446 g/mol. The number of fused-ring (bicyclic) bond motifs is 1. The third-order valence-electron chi connectivity index (χ3n) is 5.20. The summed E-state index contributed by atoms with van der Waals surface area (Å²) in [5, 5.41) is 5.38. The van der Waals surface area contributed by atoms with Gasteiger partial charge in [0.05, 0.1) is 16.1 Å². The molecule has 0 spiro atoms. The van der Waals surface area contributed by atoms with Gasteiger partial charge in [0, 0.05) is 26.1 Å². The van der Waals surface area contributed by atoms with Crippen LogP contribution >= 0.6 is 0 Å². The zero-order valence-corrected chi connectivity index (χ0v) is 19.6. The number of rotatable bonds is 10. The maximum Gasteiger partial charge on any atom is 0.253 e. The zero-order valence-electron chi connectivity index (χ0n) is 18.8. The first-order chi connectivity index (χ1) is 15.8. The number of hydrogen-bond donors (Lipinski definition) is 3. The molecule has 0 atom stereocenters. The van der Waals surface area contributed by atoms with Gasteiger partial charge in [-0.3, -0.25) is 9.59 Å². The lowest BCUT2D eigenvalue weighted by Gasteiger charge is -2.18. The second-order valence-corrected chi connectivity index (χ2v) is 9.41. The first kappa shape index (κ1) is 24.5. The molecule has 1 aliphatic rings. The van der Waals surface area contributed by atoms with E-state index in [4.69, 9.17) is 9.47 Å². The van der Waals surface area contributed by atoms with Gasteiger partial charge in [-0.15, -0.1) is 0 Å². The number of ether oxygens (including phenoxy) is 2. The second-order valence-electron chi connectivity index (χ2n) is 7.64. The number of amides is 2. The maximum absolute atomic E-state index is 12.5. The summed E-state index contributed by atoms with van der Waals surface area (Å²) < 4.78 is 38.4. The molecule has 0 aliphatic carbocycles. The van der Waals surface area contributed by atoms with E-state index >= 15 is 0 Å². The van der Waals surface area contributed by atoms with Crippen LogP contribution in [0.25, 0.3) is 0 Å². The van der Waals surface area contributed by atoms with Gasteiger partial charge in [0.25, 0.3) is 5.91 Å². The number of anilines is 1. The number of benzene rings is 2. The van der Waals surface area contributed by atoms with Gasteiger partial charge in [-0.05, 0) is 43.5 Å². The van der Waals surface area contributed by atoms with Crippen molar-refractivity contribution in [2.24, 2.45) is 0 Å². The largest absolute Gasteiger partial charge is 0.486 e. The Morgan fingerprint density at radius 1 is 1.00 bits per heavy atom. The molecule has 0 bridgehead atoms. The summed E-state index contributed by atoms with van der Waals surface area (Å²) >= 11 is 0. The molecule has 2 aromatic carbocycles. The highest BCUT2D eigenvalue weighted by Crippen LogP contribution is 2.32. The Hall–Kier alpha value is -3.11. The summed E-state index contributed by atoms with van der Waals surface area (Å²) in [6, 6.07) is 9.82. The minimum absolute atomic E-state index is 0.121. The molecule has 1 aliphatic heterocycles. The van der Waals surface area contributed by atoms with Crippen LogP contribution < -0.4 is 24.8 Å². The van der Waals surface area contributed by atoms with E-state index in [1.807, 2.05) is 13.0 Å². The van der Waals surface area contributed by atoms with Gasteiger partial charge >= 0.3 is 0 Å². The molecule has 0 saturated carbocycles. The SMILES string of the molecule is CNC(=O)c1c(C)cccc1NC(=O)CCCCCNS(=O)(=O)c1ccc2c(c1)OCCO2. The summed E-state index contributed by atoms with van der Waals surface area (Å²) in [4.78, 5) is 24.5. The maximum atomic E-state index is 12.5. The van der Waals surface area contributed by atoms with E-state index < -0.39 is 10.0 Å². The van der Waals surface area contributed by atoms with Crippen LogP contribution in [0.4, 0.5) is 5.69 Å². The van der Waals surface area contributed by atoms with Crippen molar-refractivity contribution in [2.75, 3.05) is 32.1 Å². The molecule has 0 saturated heterocycles. The van der Waals surface area contributed by atoms with E-state index in [0.717, 1.165) is 5.56 Å². The van der Waals surface area contributed by atoms with Crippen LogP contribution in [0.2, 0.25) is 0 Å². The van der Waals surface area contributed by atoms with E-state index in [2.05, 4.69) is 15.4 Å². The smallest absolute Gasteiger partial charge is 0.253 e. The van der Waals surface area contributed by atoms with Crippen LogP contribution in [0.5, 0.6) is 11.5 Å². The van der Waals surface area contributed by atoms with E-state index in [9.17, 15) is 18.0 Å². The Morgan fingerprint density at radius 3 is 2.52 bits per heavy atom. The first-order valence-electron chi connectivity index (χ1n) is 10.8. The molecule has 3 N–H and O–H groups in total. The molecule has 2 amide bonds. The molecule has 3 rings (SSSR count). The van der Waals surface area contributed by atoms with E-state index in [1.165, 1.54) is 12.1 Å². The first-order valence-corrected chi connectivity index (χ1v) is 12.3. The van der Waals surface area contributed by atoms with Gasteiger partial charge < -0.3 is 20.1 Å². The van der Waals surface area contributed by atoms with Crippen LogP contribution in [0.1, 0.15) is 41.6 Å². The Bertz CT molecular complexity index is 1120. The van der Waals surface area contributed by atoms with Crippen LogP contribution in [-0.2, 0) is 14.8 Å². The summed E-state index contributed by atoms with van der Waals surface area (Å²) in [6.45, 7) is 2.90. The summed E-state index contributed by atoms with van der Waals surface area (Å²) in [7, 11) is -2.12. The molecule has 2 aromatic rings. The highest BCUT2D eigenvalue weighted by Gasteiger charge is 2.19. The zero-order chi connectivity index (χ0) is 23.8. The van der Waals surface area contributed by atoms with E-state index in [1.54, 1.807) is 25.2 Å². The number of nitrogens with one attached hydrogen (secondary N) is 3. The molecule has 10 heteroatoms. The fourth-order valence-electron chi connectivity index (χ4n) is 3.48. The van der Waals surface area contributed by atoms with Gasteiger partial charge in [-0.1, -0.05) is 18.6 Å². The van der Waals surface area contributed by atoms with Crippen molar-refractivity contribution < 1.29 is 27.5 Å². The number of carbonyl (C=O) groups is 2. The second kappa shape index (κ2) is 11.2. The molecule has 9 nitrogen and oxygen atoms in total. The number of unbranched alkanes of at least 4 members (excludes halogenated alkanes) is 2. The van der Waals surface area contributed by atoms with E-state index in [0.29, 0.717) is 55.2 Å². The molecule has 0 radical (unpaired) electrons. The lowest BCUT2D eigenvalue weighted by atomic mass is 10.1. The Labute approximate surface area is 193 Å². The molecule has 0 unspecified atom stereocenters. The third-order valence-corrected chi connectivity index (χ3v) is 6.66. The fourth-order valence-corrected chi connectivity index (χ4v) is 4.57. The van der Waals surface area contributed by atoms with Crippen LogP contribution in [0.15, 0.2) is 41.3 Å². The molecule has 178 valence electrons. The lowest BCUT2D eigenvalue weighted by molar-refractivity contribution is -0.116. The summed E-state index contributed by atoms with van der Waals surface area (Å²) in [5.74, 6) is 0.506. The predicted octanol–water partition coefficient (Wildman–Crippen LogP) is 2.60. The van der Waals surface area contributed by atoms with Crippen molar-refractivity contribution in [1.29, 1.82) is 0 Å². The molecule has 33 heavy (non-hydrogen) atoms. The molecule has 1 heterocycles. The third kappa shape index (κ3) is 6.45. The van der Waals surface area contributed by atoms with Gasteiger partial charge in [-0.2, -0.15) is 0 Å². The minimum Gasteiger partial charge on any atom is -0.486 e. The topological polar surface area (TPSA) is 123 Å². The van der Waals surface area contributed by atoms with Gasteiger partial charge in [-0.25, -0.2) is 13.1 Å². The van der Waals surface area contributed by atoms with Crippen molar-refractivity contribution in [2.45, 2.75) is 37.5 Å². The highest BCUT2D eigenvalue weighted by molar-refractivity contribution is 7.89. The van der Waals surface area contributed by atoms with Gasteiger partial charge in [0.15, 0.2) is 11.5 Å². The van der Waals surface area contributed by atoms with Crippen molar-refractivity contribution in [3.05, 3.63) is 47.5 Å². The number of carbonyl (C=O) groups excluding carboxylic acids is 2. The van der Waals surface area contributed by atoms with Crippen LogP contribution in [0, 0.1) is 6.92 Å². The quantitative estimate of drug-likeness (QED) is 0.454. The average Bonchev–Trinajstić information content (AvgIpc) is 2.80. The highest BCUT2D eigenvalue weighted by atomic mass is 32.2. The fraction of sp³-hybridized carbons (Fsp3) is 0.391. The van der Waals surface area contributed by atoms with Gasteiger partial charge in [0.2, 0.25) is 15.9 Å². The monoisotopic (exact) mass is 475 g/mol. The van der Waals surface area contributed by atoms with Crippen molar-refractivity contribution >= 4 is 27.5 Å². The summed E-state index contributed by atoms with van der Waals surface area (Å²) in [5.41, 5.74) is 1.70. The van der Waals surface area contributed by atoms with Crippen molar-refractivity contribution in [1.82, 2.24) is 10.0 Å². The van der Waals surface area contributed by atoms with Crippen molar-refractivity contribution in [3.63, 3.8) is 0 Å². The molecule has 0 fully saturated rings. The van der Waals surface area contributed by atoms with Gasteiger partial charge in [0.1, 0.15) is 13.2 Å². The Morgan fingerprint density at radius 2 is 1.76 bits per heavy atom. The van der Waals surface area contributed by atoms with Crippen LogP contribution in [0.3, 0.4) is 0 Å². The summed E-state index contributed by atoms with van der Waals surface area (Å²) in [6.07, 6.45) is 2.13. The number of hydrogen-bond acceptors (Lipinski definition) is 6.